The van der Waals surface area contributed by atoms with Crippen LogP contribution >= 0.6 is 0 Å². The summed E-state index contributed by atoms with van der Waals surface area (Å²) in [6, 6.07) is 14.5. The van der Waals surface area contributed by atoms with Gasteiger partial charge in [-0.2, -0.15) is 0 Å². The molecule has 3 heteroatoms. The molecule has 3 rings (SSSR count). The maximum Gasteiger partial charge on any atom is 0.262 e. The molecule has 0 radical (unpaired) electrons. The first kappa shape index (κ1) is 10.8. The van der Waals surface area contributed by atoms with Crippen LogP contribution < -0.4 is 4.90 Å². The second kappa shape index (κ2) is 4.18. The van der Waals surface area contributed by atoms with E-state index < -0.39 is 0 Å². The van der Waals surface area contributed by atoms with Gasteiger partial charge in [-0.05, 0) is 30.2 Å². The number of para-hydroxylation sites is 2. The molecule has 0 aliphatic carbocycles. The van der Waals surface area contributed by atoms with E-state index in [0.29, 0.717) is 12.1 Å². The maximum absolute atomic E-state index is 12.4. The molecule has 1 aliphatic rings. The van der Waals surface area contributed by atoms with E-state index in [0.717, 1.165) is 12.1 Å². The molecule has 2 aromatic carbocycles. The molecule has 0 saturated carbocycles. The molecule has 0 unspecified atom stereocenters. The highest BCUT2D eigenvalue weighted by Crippen LogP contribution is 2.30. The quantitative estimate of drug-likeness (QED) is 0.831. The predicted molar refractivity (Wildman–Crippen MR) is 69.9 cm³/mol. The fourth-order valence-corrected chi connectivity index (χ4v) is 2.35. The van der Waals surface area contributed by atoms with Crippen molar-refractivity contribution in [2.75, 3.05) is 11.4 Å². The lowest BCUT2D eigenvalue weighted by Crippen LogP contribution is -2.28. The SMILES string of the molecule is O=C(c1ccccc1O)N1CCc2ccccc21. The van der Waals surface area contributed by atoms with E-state index in [-0.39, 0.29) is 11.7 Å². The average Bonchev–Trinajstić information content (AvgIpc) is 2.82. The van der Waals surface area contributed by atoms with Gasteiger partial charge in [0.05, 0.1) is 5.56 Å². The van der Waals surface area contributed by atoms with Crippen molar-refractivity contribution >= 4 is 11.6 Å². The summed E-state index contributed by atoms with van der Waals surface area (Å²) in [5.74, 6) is -0.107. The highest BCUT2D eigenvalue weighted by Gasteiger charge is 2.26. The van der Waals surface area contributed by atoms with Crippen molar-refractivity contribution in [3.05, 3.63) is 59.7 Å². The fourth-order valence-electron chi connectivity index (χ4n) is 2.35. The Hall–Kier alpha value is -2.29. The molecule has 0 bridgehead atoms. The van der Waals surface area contributed by atoms with Gasteiger partial charge in [0.1, 0.15) is 5.75 Å². The van der Waals surface area contributed by atoms with E-state index in [1.54, 1.807) is 23.1 Å². The highest BCUT2D eigenvalue weighted by molar-refractivity contribution is 6.08. The molecule has 0 aromatic heterocycles. The highest BCUT2D eigenvalue weighted by atomic mass is 16.3. The topological polar surface area (TPSA) is 40.5 Å². The van der Waals surface area contributed by atoms with Crippen molar-refractivity contribution in [1.82, 2.24) is 0 Å². The van der Waals surface area contributed by atoms with Gasteiger partial charge in [-0.1, -0.05) is 30.3 Å². The molecule has 0 saturated heterocycles. The number of anilines is 1. The van der Waals surface area contributed by atoms with Gasteiger partial charge in [-0.25, -0.2) is 0 Å². The zero-order chi connectivity index (χ0) is 12.5. The summed E-state index contributed by atoms with van der Waals surface area (Å²) in [6.45, 7) is 0.673. The van der Waals surface area contributed by atoms with Crippen molar-refractivity contribution < 1.29 is 9.90 Å². The minimum Gasteiger partial charge on any atom is -0.507 e. The summed E-state index contributed by atoms with van der Waals surface area (Å²) >= 11 is 0. The summed E-state index contributed by atoms with van der Waals surface area (Å²) in [4.78, 5) is 14.1. The zero-order valence-corrected chi connectivity index (χ0v) is 9.84. The van der Waals surface area contributed by atoms with Crippen LogP contribution in [0.3, 0.4) is 0 Å². The van der Waals surface area contributed by atoms with Crippen molar-refractivity contribution in [2.45, 2.75) is 6.42 Å². The van der Waals surface area contributed by atoms with Gasteiger partial charge in [0.15, 0.2) is 0 Å². The number of hydrogen-bond acceptors (Lipinski definition) is 2. The van der Waals surface area contributed by atoms with Crippen LogP contribution in [0.25, 0.3) is 0 Å². The first-order valence-electron chi connectivity index (χ1n) is 5.95. The maximum atomic E-state index is 12.4. The van der Waals surface area contributed by atoms with Gasteiger partial charge < -0.3 is 10.0 Å². The number of phenolic OH excluding ortho intramolecular Hbond substituents is 1. The Bertz CT molecular complexity index is 607. The molecule has 0 spiro atoms. The molecule has 1 aliphatic heterocycles. The first-order chi connectivity index (χ1) is 8.77. The van der Waals surface area contributed by atoms with E-state index >= 15 is 0 Å². The Labute approximate surface area is 105 Å². The summed E-state index contributed by atoms with van der Waals surface area (Å²) in [6.07, 6.45) is 0.871. The number of benzene rings is 2. The number of amides is 1. The predicted octanol–water partition coefficient (Wildman–Crippen LogP) is 2.60. The first-order valence-corrected chi connectivity index (χ1v) is 5.95. The summed E-state index contributed by atoms with van der Waals surface area (Å²) in [5, 5.41) is 9.74. The van der Waals surface area contributed by atoms with Crippen LogP contribution in [0.5, 0.6) is 5.75 Å². The molecule has 1 heterocycles. The largest absolute Gasteiger partial charge is 0.507 e. The van der Waals surface area contributed by atoms with Crippen LogP contribution in [0.15, 0.2) is 48.5 Å². The van der Waals surface area contributed by atoms with Crippen molar-refractivity contribution in [1.29, 1.82) is 0 Å². The van der Waals surface area contributed by atoms with Crippen LogP contribution in [0.4, 0.5) is 5.69 Å². The molecule has 90 valence electrons. The van der Waals surface area contributed by atoms with E-state index in [9.17, 15) is 9.90 Å². The van der Waals surface area contributed by atoms with Crippen LogP contribution in [0.1, 0.15) is 15.9 Å². The van der Waals surface area contributed by atoms with Gasteiger partial charge >= 0.3 is 0 Å². The van der Waals surface area contributed by atoms with E-state index in [1.807, 2.05) is 24.3 Å². The molecule has 1 N–H and O–H groups in total. The number of fused-ring (bicyclic) bond motifs is 1. The van der Waals surface area contributed by atoms with Crippen molar-refractivity contribution in [2.24, 2.45) is 0 Å². The molecule has 0 fully saturated rings. The molecule has 2 aromatic rings. The van der Waals surface area contributed by atoms with Crippen LogP contribution in [-0.4, -0.2) is 17.6 Å². The standard InChI is InChI=1S/C15H13NO2/c17-14-8-4-2-6-12(14)15(18)16-10-9-11-5-1-3-7-13(11)16/h1-8,17H,9-10H2. The number of nitrogens with zero attached hydrogens (tertiary/aromatic N) is 1. The smallest absolute Gasteiger partial charge is 0.262 e. The molecule has 0 atom stereocenters. The Morgan fingerprint density at radius 1 is 1.06 bits per heavy atom. The van der Waals surface area contributed by atoms with Gasteiger partial charge in [-0.15, -0.1) is 0 Å². The number of carbonyl (C=O) groups excluding carboxylic acids is 1. The van der Waals surface area contributed by atoms with E-state index in [4.69, 9.17) is 0 Å². The number of carbonyl (C=O) groups is 1. The zero-order valence-electron chi connectivity index (χ0n) is 9.84. The van der Waals surface area contributed by atoms with E-state index in [1.165, 1.54) is 11.6 Å². The number of rotatable bonds is 1. The fraction of sp³-hybridized carbons (Fsp3) is 0.133. The third-order valence-electron chi connectivity index (χ3n) is 3.27. The minimum absolute atomic E-state index is 0.0341. The Morgan fingerprint density at radius 2 is 1.78 bits per heavy atom. The molecule has 18 heavy (non-hydrogen) atoms. The lowest BCUT2D eigenvalue weighted by Gasteiger charge is -2.17. The third kappa shape index (κ3) is 1.64. The van der Waals surface area contributed by atoms with Gasteiger partial charge in [0.2, 0.25) is 0 Å². The lowest BCUT2D eigenvalue weighted by molar-refractivity contribution is 0.0987. The monoisotopic (exact) mass is 239 g/mol. The number of aromatic hydroxyl groups is 1. The van der Waals surface area contributed by atoms with E-state index in [2.05, 4.69) is 0 Å². The lowest BCUT2D eigenvalue weighted by atomic mass is 10.1. The Morgan fingerprint density at radius 3 is 2.61 bits per heavy atom. The van der Waals surface area contributed by atoms with Gasteiger partial charge in [0.25, 0.3) is 5.91 Å². The summed E-state index contributed by atoms with van der Waals surface area (Å²) in [5.41, 5.74) is 2.49. The molecular formula is C15H13NO2. The second-order valence-corrected chi connectivity index (χ2v) is 4.35. The normalized spacial score (nSPS) is 13.4. The van der Waals surface area contributed by atoms with Gasteiger partial charge in [0, 0.05) is 12.2 Å². The van der Waals surface area contributed by atoms with Crippen molar-refractivity contribution in [3.63, 3.8) is 0 Å². The van der Waals surface area contributed by atoms with Gasteiger partial charge in [-0.3, -0.25) is 4.79 Å². The third-order valence-corrected chi connectivity index (χ3v) is 3.27. The molecule has 1 amide bonds. The molecular weight excluding hydrogens is 226 g/mol. The van der Waals surface area contributed by atoms with Crippen LogP contribution in [0, 0.1) is 0 Å². The summed E-state index contributed by atoms with van der Waals surface area (Å²) in [7, 11) is 0. The van der Waals surface area contributed by atoms with Crippen molar-refractivity contribution in [3.8, 4) is 5.75 Å². The number of hydrogen-bond donors (Lipinski definition) is 1. The Kier molecular flexibility index (Phi) is 2.52. The minimum atomic E-state index is -0.141. The average molecular weight is 239 g/mol. The van der Waals surface area contributed by atoms with Crippen LogP contribution in [-0.2, 0) is 6.42 Å². The summed E-state index contributed by atoms with van der Waals surface area (Å²) < 4.78 is 0. The van der Waals surface area contributed by atoms with Crippen LogP contribution in [0.2, 0.25) is 0 Å². The molecule has 3 nitrogen and oxygen atoms in total. The number of phenols is 1. The Balaban J connectivity index is 1.99. The second-order valence-electron chi connectivity index (χ2n) is 4.35.